The molecule has 0 amide bonds. The van der Waals surface area contributed by atoms with Crippen molar-refractivity contribution in [2.75, 3.05) is 25.0 Å². The highest BCUT2D eigenvalue weighted by atomic mass is 35.5. The Morgan fingerprint density at radius 3 is 2.83 bits per heavy atom. The molecule has 0 bridgehead atoms. The standard InChI is InChI=1S/C15H22N2.ClH/c1-12(2)17-9-5-8-15(11-17)10-16-14-7-4-3-6-13(14)15;/h3-4,6-7,12,16H,5,8-11H2,1-2H3;1H. The van der Waals surface area contributed by atoms with E-state index in [2.05, 4.69) is 48.3 Å². The summed E-state index contributed by atoms with van der Waals surface area (Å²) >= 11 is 0. The van der Waals surface area contributed by atoms with E-state index in [-0.39, 0.29) is 12.4 Å². The van der Waals surface area contributed by atoms with Gasteiger partial charge in [0.25, 0.3) is 0 Å². The zero-order valence-electron chi connectivity index (χ0n) is 11.3. The van der Waals surface area contributed by atoms with Crippen LogP contribution in [-0.4, -0.2) is 30.6 Å². The summed E-state index contributed by atoms with van der Waals surface area (Å²) < 4.78 is 0. The molecule has 2 nitrogen and oxygen atoms in total. The van der Waals surface area contributed by atoms with E-state index in [4.69, 9.17) is 0 Å². The number of benzene rings is 1. The van der Waals surface area contributed by atoms with Gasteiger partial charge in [-0.05, 0) is 44.9 Å². The van der Waals surface area contributed by atoms with Crippen LogP contribution in [0.3, 0.4) is 0 Å². The molecule has 2 aliphatic rings. The minimum Gasteiger partial charge on any atom is -0.384 e. The summed E-state index contributed by atoms with van der Waals surface area (Å²) in [5, 5.41) is 3.59. The van der Waals surface area contributed by atoms with Gasteiger partial charge in [-0.15, -0.1) is 12.4 Å². The number of rotatable bonds is 1. The van der Waals surface area contributed by atoms with Crippen molar-refractivity contribution in [2.45, 2.75) is 38.1 Å². The van der Waals surface area contributed by atoms with E-state index in [1.807, 2.05) is 0 Å². The Morgan fingerprint density at radius 1 is 1.28 bits per heavy atom. The molecule has 2 heterocycles. The summed E-state index contributed by atoms with van der Waals surface area (Å²) in [5.74, 6) is 0. The smallest absolute Gasteiger partial charge is 0.0379 e. The van der Waals surface area contributed by atoms with Crippen molar-refractivity contribution in [3.63, 3.8) is 0 Å². The van der Waals surface area contributed by atoms with Crippen LogP contribution in [0, 0.1) is 0 Å². The van der Waals surface area contributed by atoms with E-state index in [0.717, 1.165) is 6.54 Å². The second kappa shape index (κ2) is 5.10. The van der Waals surface area contributed by atoms with Crippen LogP contribution in [0.4, 0.5) is 5.69 Å². The van der Waals surface area contributed by atoms with Crippen LogP contribution in [0.1, 0.15) is 32.3 Å². The van der Waals surface area contributed by atoms with E-state index in [1.54, 1.807) is 5.56 Å². The van der Waals surface area contributed by atoms with Crippen LogP contribution < -0.4 is 5.32 Å². The number of para-hydroxylation sites is 1. The van der Waals surface area contributed by atoms with Gasteiger partial charge >= 0.3 is 0 Å². The second-order valence-corrected chi connectivity index (χ2v) is 5.85. The maximum atomic E-state index is 3.59. The molecular weight excluding hydrogens is 244 g/mol. The Balaban J connectivity index is 0.00000120. The fraction of sp³-hybridized carbons (Fsp3) is 0.600. The first-order valence-corrected chi connectivity index (χ1v) is 6.79. The number of nitrogens with one attached hydrogen (secondary N) is 1. The molecule has 100 valence electrons. The largest absolute Gasteiger partial charge is 0.384 e. The molecule has 1 aromatic carbocycles. The molecule has 0 aliphatic carbocycles. The molecule has 0 aromatic heterocycles. The molecule has 0 radical (unpaired) electrons. The van der Waals surface area contributed by atoms with Crippen molar-refractivity contribution in [1.29, 1.82) is 0 Å². The SMILES string of the molecule is CC(C)N1CCCC2(CNc3ccccc32)C1.Cl. The summed E-state index contributed by atoms with van der Waals surface area (Å²) in [6.45, 7) is 8.23. The van der Waals surface area contributed by atoms with Gasteiger partial charge in [-0.1, -0.05) is 18.2 Å². The van der Waals surface area contributed by atoms with Crippen molar-refractivity contribution in [2.24, 2.45) is 0 Å². The number of hydrogen-bond donors (Lipinski definition) is 1. The molecular formula is C15H23ClN2. The predicted molar refractivity (Wildman–Crippen MR) is 79.8 cm³/mol. The highest BCUT2D eigenvalue weighted by molar-refractivity contribution is 5.85. The van der Waals surface area contributed by atoms with Gasteiger partial charge in [-0.2, -0.15) is 0 Å². The molecule has 18 heavy (non-hydrogen) atoms. The van der Waals surface area contributed by atoms with Gasteiger partial charge in [0.1, 0.15) is 0 Å². The van der Waals surface area contributed by atoms with Crippen LogP contribution in [-0.2, 0) is 5.41 Å². The van der Waals surface area contributed by atoms with E-state index in [1.165, 1.54) is 31.6 Å². The lowest BCUT2D eigenvalue weighted by Crippen LogP contribution is -2.49. The third-order valence-corrected chi connectivity index (χ3v) is 4.45. The van der Waals surface area contributed by atoms with E-state index in [0.29, 0.717) is 11.5 Å². The van der Waals surface area contributed by atoms with Gasteiger partial charge in [0, 0.05) is 30.2 Å². The molecule has 2 aliphatic heterocycles. The van der Waals surface area contributed by atoms with Gasteiger partial charge in [0.05, 0.1) is 0 Å². The monoisotopic (exact) mass is 266 g/mol. The number of hydrogen-bond acceptors (Lipinski definition) is 2. The van der Waals surface area contributed by atoms with Gasteiger partial charge < -0.3 is 5.32 Å². The third-order valence-electron chi connectivity index (χ3n) is 4.45. The zero-order chi connectivity index (χ0) is 11.9. The summed E-state index contributed by atoms with van der Waals surface area (Å²) in [7, 11) is 0. The average Bonchev–Trinajstić information content (AvgIpc) is 2.69. The van der Waals surface area contributed by atoms with Crippen LogP contribution in [0.25, 0.3) is 0 Å². The number of piperidine rings is 1. The molecule has 1 atom stereocenters. The molecule has 3 rings (SSSR count). The van der Waals surface area contributed by atoms with Gasteiger partial charge in [0.15, 0.2) is 0 Å². The number of fused-ring (bicyclic) bond motifs is 2. The lowest BCUT2D eigenvalue weighted by atomic mass is 9.75. The van der Waals surface area contributed by atoms with Crippen molar-refractivity contribution in [3.8, 4) is 0 Å². The van der Waals surface area contributed by atoms with Crippen LogP contribution in [0.5, 0.6) is 0 Å². The number of nitrogens with zero attached hydrogens (tertiary/aromatic N) is 1. The number of halogens is 1. The quantitative estimate of drug-likeness (QED) is 0.839. The Labute approximate surface area is 116 Å². The number of anilines is 1. The molecule has 1 unspecified atom stereocenters. The van der Waals surface area contributed by atoms with E-state index >= 15 is 0 Å². The van der Waals surface area contributed by atoms with Crippen LogP contribution in [0.15, 0.2) is 24.3 Å². The lowest BCUT2D eigenvalue weighted by molar-refractivity contribution is 0.125. The molecule has 1 saturated heterocycles. The highest BCUT2D eigenvalue weighted by Gasteiger charge is 2.42. The summed E-state index contributed by atoms with van der Waals surface area (Å²) in [6, 6.07) is 9.52. The maximum Gasteiger partial charge on any atom is 0.0379 e. The fourth-order valence-corrected chi connectivity index (χ4v) is 3.43. The summed E-state index contributed by atoms with van der Waals surface area (Å²) in [4.78, 5) is 2.63. The Kier molecular flexibility index (Phi) is 3.88. The zero-order valence-corrected chi connectivity index (χ0v) is 12.1. The molecule has 0 saturated carbocycles. The highest BCUT2D eigenvalue weighted by Crippen LogP contribution is 2.42. The van der Waals surface area contributed by atoms with Gasteiger partial charge in [-0.3, -0.25) is 4.90 Å². The second-order valence-electron chi connectivity index (χ2n) is 5.85. The van der Waals surface area contributed by atoms with Crippen molar-refractivity contribution in [3.05, 3.63) is 29.8 Å². The summed E-state index contributed by atoms with van der Waals surface area (Å²) in [6.07, 6.45) is 2.66. The van der Waals surface area contributed by atoms with Crippen molar-refractivity contribution in [1.82, 2.24) is 4.90 Å². The Morgan fingerprint density at radius 2 is 2.06 bits per heavy atom. The van der Waals surface area contributed by atoms with Crippen molar-refractivity contribution >= 4 is 18.1 Å². The summed E-state index contributed by atoms with van der Waals surface area (Å²) in [5.41, 5.74) is 3.28. The van der Waals surface area contributed by atoms with E-state index in [9.17, 15) is 0 Å². The van der Waals surface area contributed by atoms with Crippen LogP contribution >= 0.6 is 12.4 Å². The molecule has 1 fully saturated rings. The van der Waals surface area contributed by atoms with E-state index < -0.39 is 0 Å². The third kappa shape index (κ3) is 2.12. The molecule has 1 aromatic rings. The predicted octanol–water partition coefficient (Wildman–Crippen LogP) is 3.28. The maximum absolute atomic E-state index is 3.59. The number of likely N-dealkylation sites (tertiary alicyclic amines) is 1. The minimum absolute atomic E-state index is 0. The van der Waals surface area contributed by atoms with Crippen LogP contribution in [0.2, 0.25) is 0 Å². The molecule has 1 N–H and O–H groups in total. The lowest BCUT2D eigenvalue weighted by Gasteiger charge is -2.42. The van der Waals surface area contributed by atoms with Gasteiger partial charge in [-0.25, -0.2) is 0 Å². The molecule has 3 heteroatoms. The normalized spacial score (nSPS) is 26.8. The minimum atomic E-state index is 0. The Hall–Kier alpha value is -0.730. The first-order valence-electron chi connectivity index (χ1n) is 6.79. The first kappa shape index (κ1) is 13.7. The molecule has 1 spiro atoms. The fourth-order valence-electron chi connectivity index (χ4n) is 3.43. The average molecular weight is 267 g/mol. The van der Waals surface area contributed by atoms with Gasteiger partial charge in [0.2, 0.25) is 0 Å². The topological polar surface area (TPSA) is 15.3 Å². The first-order chi connectivity index (χ1) is 8.21. The Bertz CT molecular complexity index is 415. The van der Waals surface area contributed by atoms with Crippen molar-refractivity contribution < 1.29 is 0 Å².